The SMILES string of the molecule is CC(=O)NCCCc1ccc(N2C(=O)C(CC[C@H](OC(C)=O)c3ccc(F)cc3)[C@H]2c2ccc(OC(C)=O)cc2)cc1. The number of amides is 2. The van der Waals surface area contributed by atoms with Gasteiger partial charge in [-0.3, -0.25) is 19.2 Å². The molecule has 42 heavy (non-hydrogen) atoms. The fraction of sp³-hybridized carbons (Fsp3) is 0.333. The van der Waals surface area contributed by atoms with Crippen LogP contribution in [0.25, 0.3) is 0 Å². The zero-order valence-electron chi connectivity index (χ0n) is 24.0. The Morgan fingerprint density at radius 2 is 1.57 bits per heavy atom. The van der Waals surface area contributed by atoms with Gasteiger partial charge in [0.1, 0.15) is 17.7 Å². The number of hydrogen-bond acceptors (Lipinski definition) is 6. The number of rotatable bonds is 12. The molecule has 1 heterocycles. The molecule has 1 N–H and O–H groups in total. The predicted molar refractivity (Wildman–Crippen MR) is 155 cm³/mol. The Hall–Kier alpha value is -4.53. The van der Waals surface area contributed by atoms with E-state index in [0.29, 0.717) is 30.7 Å². The average Bonchev–Trinajstić information content (AvgIpc) is 2.94. The molecular weight excluding hydrogens is 539 g/mol. The third kappa shape index (κ3) is 7.81. The maximum absolute atomic E-state index is 13.6. The molecule has 1 aliphatic rings. The van der Waals surface area contributed by atoms with Crippen LogP contribution in [0, 0.1) is 11.7 Å². The number of carbonyl (C=O) groups is 4. The van der Waals surface area contributed by atoms with Gasteiger partial charge in [-0.1, -0.05) is 36.4 Å². The van der Waals surface area contributed by atoms with Crippen molar-refractivity contribution in [3.63, 3.8) is 0 Å². The van der Waals surface area contributed by atoms with E-state index in [2.05, 4.69) is 5.32 Å². The number of benzene rings is 3. The summed E-state index contributed by atoms with van der Waals surface area (Å²) in [4.78, 5) is 49.7. The molecule has 3 atom stereocenters. The molecule has 2 amide bonds. The van der Waals surface area contributed by atoms with E-state index in [1.54, 1.807) is 29.2 Å². The first-order valence-corrected chi connectivity index (χ1v) is 14.0. The first-order valence-electron chi connectivity index (χ1n) is 14.0. The number of ether oxygens (including phenoxy) is 2. The van der Waals surface area contributed by atoms with Crippen molar-refractivity contribution in [3.05, 3.63) is 95.3 Å². The number of halogens is 1. The summed E-state index contributed by atoms with van der Waals surface area (Å²) in [5.41, 5.74) is 3.39. The minimum absolute atomic E-state index is 0.0526. The molecule has 1 aliphatic heterocycles. The van der Waals surface area contributed by atoms with Crippen molar-refractivity contribution < 1.29 is 33.0 Å². The summed E-state index contributed by atoms with van der Waals surface area (Å²) in [6.45, 7) is 4.75. The molecule has 0 bridgehead atoms. The molecule has 1 saturated heterocycles. The molecule has 1 fully saturated rings. The molecule has 220 valence electrons. The molecule has 0 spiro atoms. The maximum Gasteiger partial charge on any atom is 0.308 e. The van der Waals surface area contributed by atoms with E-state index in [1.807, 2.05) is 36.4 Å². The Balaban J connectivity index is 1.54. The smallest absolute Gasteiger partial charge is 0.308 e. The molecule has 4 rings (SSSR count). The van der Waals surface area contributed by atoms with Crippen molar-refractivity contribution in [2.24, 2.45) is 5.92 Å². The lowest BCUT2D eigenvalue weighted by Crippen LogP contribution is -2.55. The van der Waals surface area contributed by atoms with E-state index in [1.165, 1.54) is 32.9 Å². The van der Waals surface area contributed by atoms with E-state index in [4.69, 9.17) is 9.47 Å². The lowest BCUT2D eigenvalue weighted by Gasteiger charge is -2.48. The molecule has 0 radical (unpaired) electrons. The third-order valence-electron chi connectivity index (χ3n) is 7.22. The van der Waals surface area contributed by atoms with Crippen molar-refractivity contribution in [1.82, 2.24) is 5.32 Å². The highest BCUT2D eigenvalue weighted by Crippen LogP contribution is 2.47. The van der Waals surface area contributed by atoms with Gasteiger partial charge in [0.25, 0.3) is 0 Å². The Labute approximate surface area is 244 Å². The molecule has 0 aromatic heterocycles. The number of nitrogens with zero attached hydrogens (tertiary/aromatic N) is 1. The lowest BCUT2D eigenvalue weighted by atomic mass is 9.78. The second-order valence-corrected chi connectivity index (χ2v) is 10.4. The van der Waals surface area contributed by atoms with Gasteiger partial charge in [0.2, 0.25) is 11.8 Å². The average molecular weight is 575 g/mol. The van der Waals surface area contributed by atoms with Gasteiger partial charge in [0.05, 0.1) is 12.0 Å². The van der Waals surface area contributed by atoms with Crippen LogP contribution in [0.4, 0.5) is 10.1 Å². The molecular formula is C33H35FN2O6. The zero-order chi connectivity index (χ0) is 30.2. The van der Waals surface area contributed by atoms with Gasteiger partial charge in [0.15, 0.2) is 0 Å². The number of hydrogen-bond donors (Lipinski definition) is 1. The quantitative estimate of drug-likeness (QED) is 0.131. The van der Waals surface area contributed by atoms with Crippen LogP contribution >= 0.6 is 0 Å². The molecule has 9 heteroatoms. The van der Waals surface area contributed by atoms with Crippen LogP contribution in [0.3, 0.4) is 0 Å². The molecule has 0 aliphatic carbocycles. The summed E-state index contributed by atoms with van der Waals surface area (Å²) >= 11 is 0. The number of β-lactam (4-membered cyclic amide) rings is 1. The molecule has 1 unspecified atom stereocenters. The van der Waals surface area contributed by atoms with Crippen molar-refractivity contribution in [2.45, 2.75) is 58.6 Å². The lowest BCUT2D eigenvalue weighted by molar-refractivity contribution is -0.147. The summed E-state index contributed by atoms with van der Waals surface area (Å²) in [5, 5.41) is 2.79. The molecule has 3 aromatic rings. The summed E-state index contributed by atoms with van der Waals surface area (Å²) in [7, 11) is 0. The normalized spacial score (nSPS) is 16.8. The largest absolute Gasteiger partial charge is 0.458 e. The van der Waals surface area contributed by atoms with Gasteiger partial charge in [-0.2, -0.15) is 0 Å². The van der Waals surface area contributed by atoms with Gasteiger partial charge in [0, 0.05) is 33.0 Å². The fourth-order valence-corrected chi connectivity index (χ4v) is 5.28. The van der Waals surface area contributed by atoms with Gasteiger partial charge in [-0.15, -0.1) is 0 Å². The number of nitrogens with one attached hydrogen (secondary N) is 1. The van der Waals surface area contributed by atoms with Crippen LogP contribution in [-0.2, 0) is 30.3 Å². The van der Waals surface area contributed by atoms with Crippen LogP contribution in [0.2, 0.25) is 0 Å². The van der Waals surface area contributed by atoms with Gasteiger partial charge in [-0.05, 0) is 78.8 Å². The first-order chi connectivity index (χ1) is 20.1. The van der Waals surface area contributed by atoms with E-state index < -0.39 is 18.0 Å². The van der Waals surface area contributed by atoms with E-state index in [9.17, 15) is 23.6 Å². The van der Waals surface area contributed by atoms with E-state index >= 15 is 0 Å². The highest BCUT2D eigenvalue weighted by molar-refractivity contribution is 6.03. The number of aryl methyl sites for hydroxylation is 1. The van der Waals surface area contributed by atoms with Gasteiger partial charge in [-0.25, -0.2) is 4.39 Å². The van der Waals surface area contributed by atoms with Gasteiger partial charge < -0.3 is 19.7 Å². The van der Waals surface area contributed by atoms with Crippen molar-refractivity contribution in [1.29, 1.82) is 0 Å². The standard InChI is InChI=1S/C33H35FN2O6/c1-21(37)35-20-4-5-24-6-14-28(15-7-24)36-32(26-10-16-29(17-11-26)41-22(2)38)30(33(36)40)18-19-31(42-23(3)39)25-8-12-27(34)13-9-25/h6-17,30-32H,4-5,18-20H2,1-3H3,(H,35,37)/t30?,31-,32+/m0/s1. The van der Waals surface area contributed by atoms with Crippen LogP contribution in [-0.4, -0.2) is 30.3 Å². The molecule has 0 saturated carbocycles. The Kier molecular flexibility index (Phi) is 10.1. The topological polar surface area (TPSA) is 102 Å². The summed E-state index contributed by atoms with van der Waals surface area (Å²) in [6, 6.07) is 20.4. The number of esters is 2. The summed E-state index contributed by atoms with van der Waals surface area (Å²) in [5.74, 6) is -1.35. The Morgan fingerprint density at radius 3 is 2.17 bits per heavy atom. The van der Waals surface area contributed by atoms with Crippen LogP contribution < -0.4 is 15.0 Å². The Morgan fingerprint density at radius 1 is 0.905 bits per heavy atom. The summed E-state index contributed by atoms with van der Waals surface area (Å²) in [6.07, 6.45) is 1.79. The minimum Gasteiger partial charge on any atom is -0.458 e. The first kappa shape index (κ1) is 30.4. The minimum atomic E-state index is -0.617. The van der Waals surface area contributed by atoms with E-state index in [-0.39, 0.29) is 29.6 Å². The van der Waals surface area contributed by atoms with Crippen molar-refractivity contribution in [2.75, 3.05) is 11.4 Å². The Bertz CT molecular complexity index is 1410. The highest BCUT2D eigenvalue weighted by atomic mass is 19.1. The number of anilines is 1. The van der Waals surface area contributed by atoms with Gasteiger partial charge >= 0.3 is 11.9 Å². The second-order valence-electron chi connectivity index (χ2n) is 10.4. The second kappa shape index (κ2) is 13.9. The maximum atomic E-state index is 13.6. The van der Waals surface area contributed by atoms with Crippen LogP contribution in [0.1, 0.15) is 68.9 Å². The molecule has 8 nitrogen and oxygen atoms in total. The fourth-order valence-electron chi connectivity index (χ4n) is 5.28. The van der Waals surface area contributed by atoms with Crippen molar-refractivity contribution >= 4 is 29.4 Å². The van der Waals surface area contributed by atoms with E-state index in [0.717, 1.165) is 29.7 Å². The third-order valence-corrected chi connectivity index (χ3v) is 7.22. The monoisotopic (exact) mass is 574 g/mol. The molecule has 3 aromatic carbocycles. The zero-order valence-corrected chi connectivity index (χ0v) is 24.0. The van der Waals surface area contributed by atoms with Crippen molar-refractivity contribution in [3.8, 4) is 5.75 Å². The van der Waals surface area contributed by atoms with Crippen LogP contribution in [0.5, 0.6) is 5.75 Å². The van der Waals surface area contributed by atoms with Crippen LogP contribution in [0.15, 0.2) is 72.8 Å². The highest BCUT2D eigenvalue weighted by Gasteiger charge is 2.48. The predicted octanol–water partition coefficient (Wildman–Crippen LogP) is 5.61. The number of carbonyl (C=O) groups excluding carboxylic acids is 4. The summed E-state index contributed by atoms with van der Waals surface area (Å²) < 4.78 is 24.2.